The summed E-state index contributed by atoms with van der Waals surface area (Å²) >= 11 is 3.39. The first kappa shape index (κ1) is 18.9. The molecule has 1 aliphatic heterocycles. The molecule has 0 spiro atoms. The molecule has 132 valence electrons. The summed E-state index contributed by atoms with van der Waals surface area (Å²) in [6.07, 6.45) is 1.47. The molecule has 6 nitrogen and oxygen atoms in total. The van der Waals surface area contributed by atoms with Crippen molar-refractivity contribution in [3.05, 3.63) is 28.2 Å². The van der Waals surface area contributed by atoms with Crippen molar-refractivity contribution in [2.24, 2.45) is 11.1 Å². The first-order chi connectivity index (χ1) is 11.5. The molecule has 2 amide bonds. The molecule has 0 aliphatic carbocycles. The third-order valence-electron chi connectivity index (χ3n) is 4.42. The number of carbonyl (C=O) groups is 2. The van der Waals surface area contributed by atoms with Gasteiger partial charge in [-0.1, -0.05) is 15.9 Å². The van der Waals surface area contributed by atoms with Gasteiger partial charge in [-0.15, -0.1) is 0 Å². The second kappa shape index (κ2) is 8.60. The molecule has 7 heteroatoms. The molecule has 2 rings (SSSR count). The summed E-state index contributed by atoms with van der Waals surface area (Å²) in [5.41, 5.74) is 7.00. The van der Waals surface area contributed by atoms with E-state index in [-0.39, 0.29) is 18.2 Å². The molecule has 1 fully saturated rings. The number of nitrogens with one attached hydrogen (secondary N) is 2. The second-order valence-corrected chi connectivity index (χ2v) is 7.03. The third-order valence-corrected chi connectivity index (χ3v) is 4.92. The molecule has 0 saturated carbocycles. The summed E-state index contributed by atoms with van der Waals surface area (Å²) in [5.74, 6) is -0.213. The number of rotatable bonds is 6. The van der Waals surface area contributed by atoms with Gasteiger partial charge >= 0.3 is 0 Å². The van der Waals surface area contributed by atoms with Crippen LogP contribution < -0.4 is 16.4 Å². The molecule has 1 aliphatic rings. The molecule has 1 aromatic rings. The monoisotopic (exact) mass is 397 g/mol. The van der Waals surface area contributed by atoms with Crippen molar-refractivity contribution in [1.29, 1.82) is 0 Å². The fourth-order valence-electron chi connectivity index (χ4n) is 2.74. The number of carbonyl (C=O) groups excluding carboxylic acids is 2. The largest absolute Gasteiger partial charge is 0.381 e. The average Bonchev–Trinajstić information content (AvgIpc) is 2.58. The summed E-state index contributed by atoms with van der Waals surface area (Å²) in [4.78, 5) is 24.4. The molecule has 0 radical (unpaired) electrons. The maximum atomic E-state index is 12.4. The molecule has 1 aromatic carbocycles. The number of benzene rings is 1. The number of hydrogen-bond donors (Lipinski definition) is 3. The van der Waals surface area contributed by atoms with Crippen molar-refractivity contribution in [2.45, 2.75) is 26.2 Å². The zero-order valence-corrected chi connectivity index (χ0v) is 15.4. The van der Waals surface area contributed by atoms with E-state index in [2.05, 4.69) is 26.6 Å². The normalized spacial score (nSPS) is 16.5. The maximum Gasteiger partial charge on any atom is 0.227 e. The molecule has 0 aromatic heterocycles. The van der Waals surface area contributed by atoms with Crippen molar-refractivity contribution in [2.75, 3.05) is 31.6 Å². The third kappa shape index (κ3) is 4.78. The standard InChI is InChI=1S/C17H24BrN3O3/c1-12-10-13(18)2-3-14(12)21-15(22)4-7-20-16(23)17(11-19)5-8-24-9-6-17/h2-3,10H,4-9,11,19H2,1H3,(H,20,23)(H,21,22). The smallest absolute Gasteiger partial charge is 0.227 e. The predicted molar refractivity (Wildman–Crippen MR) is 96.7 cm³/mol. The van der Waals surface area contributed by atoms with Gasteiger partial charge in [0.1, 0.15) is 0 Å². The van der Waals surface area contributed by atoms with Crippen LogP contribution in [0.25, 0.3) is 0 Å². The molecule has 1 heterocycles. The van der Waals surface area contributed by atoms with E-state index in [4.69, 9.17) is 10.5 Å². The Morgan fingerprint density at radius 2 is 2.04 bits per heavy atom. The molecule has 0 atom stereocenters. The Labute approximate surface area is 150 Å². The second-order valence-electron chi connectivity index (χ2n) is 6.11. The lowest BCUT2D eigenvalue weighted by atomic mass is 9.79. The van der Waals surface area contributed by atoms with Crippen LogP contribution in [0, 0.1) is 12.3 Å². The van der Waals surface area contributed by atoms with E-state index >= 15 is 0 Å². The number of anilines is 1. The van der Waals surface area contributed by atoms with Crippen LogP contribution in [-0.4, -0.2) is 38.1 Å². The van der Waals surface area contributed by atoms with E-state index in [9.17, 15) is 9.59 Å². The first-order valence-corrected chi connectivity index (χ1v) is 8.88. The van der Waals surface area contributed by atoms with Gasteiger partial charge in [-0.2, -0.15) is 0 Å². The van der Waals surface area contributed by atoms with Crippen LogP contribution in [0.4, 0.5) is 5.69 Å². The van der Waals surface area contributed by atoms with Gasteiger partial charge in [0.15, 0.2) is 0 Å². The van der Waals surface area contributed by atoms with Crippen LogP contribution in [0.15, 0.2) is 22.7 Å². The number of halogens is 1. The number of aryl methyl sites for hydroxylation is 1. The van der Waals surface area contributed by atoms with Gasteiger partial charge < -0.3 is 21.1 Å². The maximum absolute atomic E-state index is 12.4. The predicted octanol–water partition coefficient (Wildman–Crippen LogP) is 1.96. The van der Waals surface area contributed by atoms with Gasteiger partial charge in [0, 0.05) is 42.9 Å². The Bertz CT molecular complexity index is 601. The summed E-state index contributed by atoms with van der Waals surface area (Å²) < 4.78 is 6.27. The van der Waals surface area contributed by atoms with E-state index < -0.39 is 5.41 Å². The van der Waals surface area contributed by atoms with Gasteiger partial charge in [0.05, 0.1) is 5.41 Å². The highest BCUT2D eigenvalue weighted by Crippen LogP contribution is 2.29. The Kier molecular flexibility index (Phi) is 6.77. The van der Waals surface area contributed by atoms with Crippen molar-refractivity contribution in [3.63, 3.8) is 0 Å². The van der Waals surface area contributed by atoms with E-state index in [0.717, 1.165) is 15.7 Å². The lowest BCUT2D eigenvalue weighted by Crippen LogP contribution is -2.49. The van der Waals surface area contributed by atoms with Crippen LogP contribution in [0.1, 0.15) is 24.8 Å². The molecule has 0 unspecified atom stereocenters. The van der Waals surface area contributed by atoms with Crippen LogP contribution >= 0.6 is 15.9 Å². The van der Waals surface area contributed by atoms with E-state index in [1.54, 1.807) is 0 Å². The van der Waals surface area contributed by atoms with Gasteiger partial charge in [-0.3, -0.25) is 9.59 Å². The molecular formula is C17H24BrN3O3. The number of ether oxygens (including phenoxy) is 1. The minimum Gasteiger partial charge on any atom is -0.381 e. The SMILES string of the molecule is Cc1cc(Br)ccc1NC(=O)CCNC(=O)C1(CN)CCOCC1. The van der Waals surface area contributed by atoms with Crippen LogP contribution in [0.5, 0.6) is 0 Å². The summed E-state index contributed by atoms with van der Waals surface area (Å²) in [6.45, 7) is 3.62. The fraction of sp³-hybridized carbons (Fsp3) is 0.529. The number of hydrogen-bond acceptors (Lipinski definition) is 4. The zero-order chi connectivity index (χ0) is 17.6. The van der Waals surface area contributed by atoms with Gasteiger partial charge in [0.2, 0.25) is 11.8 Å². The molecule has 4 N–H and O–H groups in total. The Morgan fingerprint density at radius 3 is 2.67 bits per heavy atom. The summed E-state index contributed by atoms with van der Waals surface area (Å²) in [6, 6.07) is 5.66. The zero-order valence-electron chi connectivity index (χ0n) is 13.9. The molecule has 24 heavy (non-hydrogen) atoms. The number of amides is 2. The van der Waals surface area contributed by atoms with Crippen molar-refractivity contribution >= 4 is 33.4 Å². The summed E-state index contributed by atoms with van der Waals surface area (Å²) in [5, 5.41) is 5.70. The van der Waals surface area contributed by atoms with E-state index in [0.29, 0.717) is 39.1 Å². The number of nitrogens with two attached hydrogens (primary N) is 1. The van der Waals surface area contributed by atoms with E-state index in [1.807, 2.05) is 25.1 Å². The van der Waals surface area contributed by atoms with Crippen LogP contribution in [0.3, 0.4) is 0 Å². The average molecular weight is 398 g/mol. The van der Waals surface area contributed by atoms with Crippen molar-refractivity contribution in [1.82, 2.24) is 5.32 Å². The minimum absolute atomic E-state index is 0.0825. The summed E-state index contributed by atoms with van der Waals surface area (Å²) in [7, 11) is 0. The topological polar surface area (TPSA) is 93.5 Å². The highest BCUT2D eigenvalue weighted by molar-refractivity contribution is 9.10. The minimum atomic E-state index is -0.559. The van der Waals surface area contributed by atoms with E-state index in [1.165, 1.54) is 0 Å². The van der Waals surface area contributed by atoms with Crippen LogP contribution in [-0.2, 0) is 14.3 Å². The molecule has 1 saturated heterocycles. The van der Waals surface area contributed by atoms with Crippen molar-refractivity contribution in [3.8, 4) is 0 Å². The quantitative estimate of drug-likeness (QED) is 0.683. The van der Waals surface area contributed by atoms with Gasteiger partial charge in [-0.05, 0) is 43.5 Å². The Morgan fingerprint density at radius 1 is 1.33 bits per heavy atom. The van der Waals surface area contributed by atoms with Crippen molar-refractivity contribution < 1.29 is 14.3 Å². The van der Waals surface area contributed by atoms with Gasteiger partial charge in [-0.25, -0.2) is 0 Å². The molecule has 0 bridgehead atoms. The highest BCUT2D eigenvalue weighted by atomic mass is 79.9. The van der Waals surface area contributed by atoms with Crippen LogP contribution in [0.2, 0.25) is 0 Å². The Balaban J connectivity index is 1.80. The molecular weight excluding hydrogens is 374 g/mol. The lowest BCUT2D eigenvalue weighted by Gasteiger charge is -2.34. The lowest BCUT2D eigenvalue weighted by molar-refractivity contribution is -0.135. The Hall–Kier alpha value is -1.44. The van der Waals surface area contributed by atoms with Gasteiger partial charge in [0.25, 0.3) is 0 Å². The highest BCUT2D eigenvalue weighted by Gasteiger charge is 2.38. The first-order valence-electron chi connectivity index (χ1n) is 8.09. The fourth-order valence-corrected chi connectivity index (χ4v) is 3.22.